The van der Waals surface area contributed by atoms with Gasteiger partial charge in [-0.1, -0.05) is 35.7 Å². The Balaban J connectivity index is 1.43. The molecule has 2 aliphatic rings. The average molecular weight is 637 g/mol. The van der Waals surface area contributed by atoms with Crippen molar-refractivity contribution in [3.63, 3.8) is 0 Å². The monoisotopic (exact) mass is 635 g/mol. The maximum Gasteiger partial charge on any atom is 0.322 e. The number of hydrogen-bond donors (Lipinski definition) is 1. The summed E-state index contributed by atoms with van der Waals surface area (Å²) in [5, 5.41) is 3.59. The van der Waals surface area contributed by atoms with Crippen LogP contribution in [0.4, 0.5) is 14.9 Å². The number of benzene rings is 3. The molecule has 0 radical (unpaired) electrons. The highest BCUT2D eigenvalue weighted by Gasteiger charge is 2.36. The molecular formula is C30H32Cl2FN3O5S. The van der Waals surface area contributed by atoms with E-state index in [1.165, 1.54) is 35.7 Å². The SMILES string of the molecule is COc1ccc(C2CCN(C(=O)Nc3cc(S(=O)(=O)N4CCCCC4)ccc3Oc3cc(Cl)cc(Cl)c3)C2C)cc1F. The van der Waals surface area contributed by atoms with E-state index in [0.29, 0.717) is 41.8 Å². The molecule has 2 saturated heterocycles. The molecule has 1 N–H and O–H groups in total. The maximum absolute atomic E-state index is 14.4. The van der Waals surface area contributed by atoms with E-state index in [-0.39, 0.29) is 34.0 Å². The number of halogens is 3. The first-order valence-corrected chi connectivity index (χ1v) is 16.0. The number of urea groups is 1. The first-order chi connectivity index (χ1) is 20.1. The minimum atomic E-state index is -3.78. The summed E-state index contributed by atoms with van der Waals surface area (Å²) in [6.07, 6.45) is 3.21. The number of piperidine rings is 1. The van der Waals surface area contributed by atoms with Crippen molar-refractivity contribution in [3.05, 3.63) is 76.0 Å². The molecule has 12 heteroatoms. The highest BCUT2D eigenvalue weighted by atomic mass is 35.5. The van der Waals surface area contributed by atoms with Crippen molar-refractivity contribution in [2.75, 3.05) is 32.1 Å². The van der Waals surface area contributed by atoms with Crippen LogP contribution >= 0.6 is 23.2 Å². The van der Waals surface area contributed by atoms with Crippen LogP contribution in [0.2, 0.25) is 10.0 Å². The first-order valence-electron chi connectivity index (χ1n) is 13.8. The molecule has 2 fully saturated rings. The first kappa shape index (κ1) is 30.4. The van der Waals surface area contributed by atoms with Crippen LogP contribution in [0.5, 0.6) is 17.2 Å². The van der Waals surface area contributed by atoms with Crippen LogP contribution in [0.15, 0.2) is 59.5 Å². The molecular weight excluding hydrogens is 604 g/mol. The standard InChI is InChI=1S/C30H32Cl2FN3O5S/c1-19-25(20-6-8-28(40-2)26(33)14-20)10-13-36(19)30(37)34-27-18-24(42(38,39)35-11-4-3-5-12-35)7-9-29(27)41-23-16-21(31)15-22(32)17-23/h6-9,14-19,25H,3-5,10-13H2,1-2H3,(H,34,37). The lowest BCUT2D eigenvalue weighted by molar-refractivity contribution is 0.208. The van der Waals surface area contributed by atoms with Gasteiger partial charge in [-0.15, -0.1) is 0 Å². The largest absolute Gasteiger partial charge is 0.494 e. The molecule has 3 aromatic carbocycles. The Hall–Kier alpha value is -3.05. The van der Waals surface area contributed by atoms with Gasteiger partial charge in [-0.05, 0) is 80.3 Å². The van der Waals surface area contributed by atoms with Crippen molar-refractivity contribution in [1.82, 2.24) is 9.21 Å². The van der Waals surface area contributed by atoms with E-state index >= 15 is 0 Å². The Morgan fingerprint density at radius 2 is 1.64 bits per heavy atom. The van der Waals surface area contributed by atoms with Gasteiger partial charge in [-0.2, -0.15) is 4.31 Å². The van der Waals surface area contributed by atoms with Crippen LogP contribution in [-0.4, -0.2) is 56.4 Å². The third-order valence-electron chi connectivity index (χ3n) is 7.83. The molecule has 224 valence electrons. The lowest BCUT2D eigenvalue weighted by Gasteiger charge is -2.27. The fourth-order valence-corrected chi connectivity index (χ4v) is 7.65. The number of rotatable bonds is 7. The zero-order chi connectivity index (χ0) is 30.0. The Morgan fingerprint density at radius 1 is 0.952 bits per heavy atom. The number of amides is 2. The Bertz CT molecular complexity index is 1560. The minimum absolute atomic E-state index is 0.0530. The van der Waals surface area contributed by atoms with Gasteiger partial charge in [-0.3, -0.25) is 0 Å². The number of nitrogens with one attached hydrogen (secondary N) is 1. The smallest absolute Gasteiger partial charge is 0.322 e. The third kappa shape index (κ3) is 6.46. The molecule has 2 amide bonds. The van der Waals surface area contributed by atoms with Crippen molar-refractivity contribution in [3.8, 4) is 17.2 Å². The van der Waals surface area contributed by atoms with E-state index in [9.17, 15) is 17.6 Å². The van der Waals surface area contributed by atoms with E-state index in [1.807, 2.05) is 13.0 Å². The number of carbonyl (C=O) groups is 1. The molecule has 0 aromatic heterocycles. The highest BCUT2D eigenvalue weighted by molar-refractivity contribution is 7.89. The molecule has 0 aliphatic carbocycles. The molecule has 42 heavy (non-hydrogen) atoms. The Labute approximate surface area is 255 Å². The van der Waals surface area contributed by atoms with Crippen molar-refractivity contribution in [1.29, 1.82) is 0 Å². The van der Waals surface area contributed by atoms with Crippen LogP contribution in [0.1, 0.15) is 44.1 Å². The fraction of sp³-hybridized carbons (Fsp3) is 0.367. The molecule has 0 saturated carbocycles. The maximum atomic E-state index is 14.4. The van der Waals surface area contributed by atoms with Gasteiger partial charge in [0.1, 0.15) is 5.75 Å². The average Bonchev–Trinajstić information content (AvgIpc) is 3.35. The summed E-state index contributed by atoms with van der Waals surface area (Å²) >= 11 is 12.3. The summed E-state index contributed by atoms with van der Waals surface area (Å²) < 4.78 is 53.9. The van der Waals surface area contributed by atoms with Crippen molar-refractivity contribution in [2.24, 2.45) is 0 Å². The number of hydrogen-bond acceptors (Lipinski definition) is 5. The van der Waals surface area contributed by atoms with E-state index in [0.717, 1.165) is 24.8 Å². The lowest BCUT2D eigenvalue weighted by Crippen LogP contribution is -2.38. The van der Waals surface area contributed by atoms with Crippen molar-refractivity contribution in [2.45, 2.75) is 49.5 Å². The number of sulfonamides is 1. The highest BCUT2D eigenvalue weighted by Crippen LogP contribution is 2.38. The van der Waals surface area contributed by atoms with Gasteiger partial charge in [0.15, 0.2) is 17.3 Å². The Kier molecular flexibility index (Phi) is 9.17. The molecule has 8 nitrogen and oxygen atoms in total. The number of methoxy groups -OCH3 is 1. The molecule has 3 aromatic rings. The second-order valence-electron chi connectivity index (χ2n) is 10.5. The third-order valence-corrected chi connectivity index (χ3v) is 10.2. The summed E-state index contributed by atoms with van der Waals surface area (Å²) in [5.41, 5.74) is 0.952. The second kappa shape index (κ2) is 12.7. The molecule has 0 spiro atoms. The van der Waals surface area contributed by atoms with Gasteiger partial charge in [0.05, 0.1) is 17.7 Å². The van der Waals surface area contributed by atoms with Crippen LogP contribution < -0.4 is 14.8 Å². The zero-order valence-electron chi connectivity index (χ0n) is 23.3. The number of carbonyl (C=O) groups excluding carboxylic acids is 1. The van der Waals surface area contributed by atoms with Gasteiger partial charge < -0.3 is 19.7 Å². The fourth-order valence-electron chi connectivity index (χ4n) is 5.60. The molecule has 2 unspecified atom stereocenters. The van der Waals surface area contributed by atoms with Crippen LogP contribution in [-0.2, 0) is 10.0 Å². The summed E-state index contributed by atoms with van der Waals surface area (Å²) in [6, 6.07) is 13.2. The number of ether oxygens (including phenoxy) is 2. The van der Waals surface area contributed by atoms with Crippen LogP contribution in [0.3, 0.4) is 0 Å². The molecule has 2 atom stereocenters. The molecule has 0 bridgehead atoms. The van der Waals surface area contributed by atoms with Crippen molar-refractivity contribution < 1.29 is 27.1 Å². The topological polar surface area (TPSA) is 88.2 Å². The molecule has 2 heterocycles. The van der Waals surface area contributed by atoms with Gasteiger partial charge in [0.25, 0.3) is 0 Å². The summed E-state index contributed by atoms with van der Waals surface area (Å²) in [7, 11) is -2.37. The second-order valence-corrected chi connectivity index (χ2v) is 13.3. The summed E-state index contributed by atoms with van der Waals surface area (Å²) in [4.78, 5) is 15.3. The predicted molar refractivity (Wildman–Crippen MR) is 161 cm³/mol. The normalized spacial score (nSPS) is 19.5. The number of anilines is 1. The number of likely N-dealkylation sites (tertiary alicyclic amines) is 1. The molecule has 5 rings (SSSR count). The Morgan fingerprint density at radius 3 is 2.31 bits per heavy atom. The van der Waals surface area contributed by atoms with Gasteiger partial charge in [0.2, 0.25) is 10.0 Å². The zero-order valence-corrected chi connectivity index (χ0v) is 25.6. The van der Waals surface area contributed by atoms with Gasteiger partial charge in [-0.25, -0.2) is 17.6 Å². The van der Waals surface area contributed by atoms with E-state index in [2.05, 4.69) is 5.32 Å². The van der Waals surface area contributed by atoms with Gasteiger partial charge >= 0.3 is 6.03 Å². The lowest BCUT2D eigenvalue weighted by atomic mass is 9.92. The van der Waals surface area contributed by atoms with Crippen molar-refractivity contribution >= 4 is 44.9 Å². The summed E-state index contributed by atoms with van der Waals surface area (Å²) in [6.45, 7) is 3.23. The van der Waals surface area contributed by atoms with Gasteiger partial charge in [0, 0.05) is 41.6 Å². The number of nitrogens with zero attached hydrogens (tertiary/aromatic N) is 2. The van der Waals surface area contributed by atoms with E-state index in [4.69, 9.17) is 32.7 Å². The van der Waals surface area contributed by atoms with E-state index in [1.54, 1.807) is 29.2 Å². The van der Waals surface area contributed by atoms with Crippen LogP contribution in [0, 0.1) is 5.82 Å². The van der Waals surface area contributed by atoms with E-state index < -0.39 is 21.9 Å². The predicted octanol–water partition coefficient (Wildman–Crippen LogP) is 7.52. The quantitative estimate of drug-likeness (QED) is 0.290. The van der Waals surface area contributed by atoms with Crippen LogP contribution in [0.25, 0.3) is 0 Å². The summed E-state index contributed by atoms with van der Waals surface area (Å²) in [5.74, 6) is 0.156. The molecule has 2 aliphatic heterocycles. The minimum Gasteiger partial charge on any atom is -0.494 e.